The second-order valence-corrected chi connectivity index (χ2v) is 3.07. The standard InChI is InChI=1S/C9H10.C3H8O/c1-2-6-9-7-4-3-5-8-9;1-3(2)4/h2-5,7-8H,1,6H2;3-4H,1-2H3. The highest BCUT2D eigenvalue weighted by Gasteiger charge is 1.82. The minimum Gasteiger partial charge on any atom is -0.394 e. The molecule has 1 heteroatoms. The number of aliphatic hydroxyl groups is 1. The molecule has 0 aliphatic rings. The molecule has 1 aromatic carbocycles. The summed E-state index contributed by atoms with van der Waals surface area (Å²) in [6.07, 6.45) is 2.72. The number of rotatable bonds is 2. The van der Waals surface area contributed by atoms with Gasteiger partial charge < -0.3 is 5.11 Å². The number of hydrogen-bond acceptors (Lipinski definition) is 1. The highest BCUT2D eigenvalue weighted by atomic mass is 16.3. The summed E-state index contributed by atoms with van der Waals surface area (Å²) < 4.78 is 0. The zero-order chi connectivity index (χ0) is 10.1. The van der Waals surface area contributed by atoms with Gasteiger partial charge in [-0.25, -0.2) is 0 Å². The maximum Gasteiger partial charge on any atom is 0.0483 e. The van der Waals surface area contributed by atoms with Gasteiger partial charge in [0.25, 0.3) is 0 Å². The zero-order valence-corrected chi connectivity index (χ0v) is 8.40. The van der Waals surface area contributed by atoms with Gasteiger partial charge >= 0.3 is 0 Å². The monoisotopic (exact) mass is 178 g/mol. The molecule has 0 saturated carbocycles. The molecular formula is C12H18O. The summed E-state index contributed by atoms with van der Waals surface area (Å²) >= 11 is 0. The molecule has 0 amide bonds. The van der Waals surface area contributed by atoms with Crippen LogP contribution in [0.25, 0.3) is 0 Å². The fourth-order valence-corrected chi connectivity index (χ4v) is 0.781. The molecule has 72 valence electrons. The van der Waals surface area contributed by atoms with E-state index < -0.39 is 0 Å². The van der Waals surface area contributed by atoms with Crippen LogP contribution in [-0.2, 0) is 6.42 Å². The summed E-state index contributed by atoms with van der Waals surface area (Å²) in [6.45, 7) is 7.10. The van der Waals surface area contributed by atoms with Crippen molar-refractivity contribution in [3.63, 3.8) is 0 Å². The fourth-order valence-electron chi connectivity index (χ4n) is 0.781. The summed E-state index contributed by atoms with van der Waals surface area (Å²) in [5.74, 6) is 0. The second-order valence-electron chi connectivity index (χ2n) is 3.07. The van der Waals surface area contributed by atoms with Gasteiger partial charge in [0.2, 0.25) is 0 Å². The Kier molecular flexibility index (Phi) is 6.93. The third kappa shape index (κ3) is 8.83. The Hall–Kier alpha value is -1.08. The Bertz CT molecular complexity index is 211. The van der Waals surface area contributed by atoms with Gasteiger partial charge in [0, 0.05) is 6.10 Å². The topological polar surface area (TPSA) is 20.2 Å². The summed E-state index contributed by atoms with van der Waals surface area (Å²) in [7, 11) is 0. The first-order valence-electron chi connectivity index (χ1n) is 4.49. The van der Waals surface area contributed by atoms with E-state index in [1.807, 2.05) is 24.3 Å². The minimum atomic E-state index is -0.167. The first kappa shape index (κ1) is 11.9. The van der Waals surface area contributed by atoms with Crippen LogP contribution >= 0.6 is 0 Å². The van der Waals surface area contributed by atoms with Crippen LogP contribution in [0.2, 0.25) is 0 Å². The molecule has 0 saturated heterocycles. The summed E-state index contributed by atoms with van der Waals surface area (Å²) in [5, 5.41) is 8.06. The molecule has 0 aromatic heterocycles. The molecule has 0 bridgehead atoms. The van der Waals surface area contributed by atoms with Gasteiger partial charge in [-0.05, 0) is 25.8 Å². The van der Waals surface area contributed by atoms with E-state index in [1.165, 1.54) is 5.56 Å². The van der Waals surface area contributed by atoms with Gasteiger partial charge in [-0.3, -0.25) is 0 Å². The van der Waals surface area contributed by atoms with Crippen molar-refractivity contribution in [1.82, 2.24) is 0 Å². The summed E-state index contributed by atoms with van der Waals surface area (Å²) in [6, 6.07) is 10.3. The molecule has 13 heavy (non-hydrogen) atoms. The SMILES string of the molecule is C=CCc1ccccc1.CC(C)O. The Morgan fingerprint density at radius 2 is 1.77 bits per heavy atom. The van der Waals surface area contributed by atoms with Gasteiger partial charge in [0.1, 0.15) is 0 Å². The van der Waals surface area contributed by atoms with E-state index in [1.54, 1.807) is 13.8 Å². The Morgan fingerprint density at radius 1 is 1.31 bits per heavy atom. The van der Waals surface area contributed by atoms with Gasteiger partial charge in [0.05, 0.1) is 0 Å². The van der Waals surface area contributed by atoms with Crippen molar-refractivity contribution in [2.24, 2.45) is 0 Å². The van der Waals surface area contributed by atoms with Crippen molar-refractivity contribution < 1.29 is 5.11 Å². The third-order valence-corrected chi connectivity index (χ3v) is 1.22. The molecule has 0 spiro atoms. The molecule has 1 N–H and O–H groups in total. The average Bonchev–Trinajstić information content (AvgIpc) is 2.06. The number of benzene rings is 1. The molecule has 0 aliphatic heterocycles. The number of allylic oxidation sites excluding steroid dienone is 1. The van der Waals surface area contributed by atoms with Crippen LogP contribution in [0.4, 0.5) is 0 Å². The van der Waals surface area contributed by atoms with Gasteiger partial charge in [-0.2, -0.15) is 0 Å². The van der Waals surface area contributed by atoms with E-state index in [0.29, 0.717) is 0 Å². The van der Waals surface area contributed by atoms with Crippen LogP contribution in [0.3, 0.4) is 0 Å². The van der Waals surface area contributed by atoms with E-state index in [2.05, 4.69) is 18.7 Å². The lowest BCUT2D eigenvalue weighted by atomic mass is 10.2. The molecule has 1 aromatic rings. The normalized spacial score (nSPS) is 8.92. The predicted octanol–water partition coefficient (Wildman–Crippen LogP) is 2.80. The van der Waals surface area contributed by atoms with Crippen LogP contribution < -0.4 is 0 Å². The van der Waals surface area contributed by atoms with Crippen LogP contribution in [0.5, 0.6) is 0 Å². The fraction of sp³-hybridized carbons (Fsp3) is 0.333. The van der Waals surface area contributed by atoms with Crippen molar-refractivity contribution >= 4 is 0 Å². The quantitative estimate of drug-likeness (QED) is 0.690. The molecule has 0 radical (unpaired) electrons. The first-order chi connectivity index (χ1) is 6.16. The largest absolute Gasteiger partial charge is 0.394 e. The Morgan fingerprint density at radius 3 is 2.15 bits per heavy atom. The molecule has 0 atom stereocenters. The van der Waals surface area contributed by atoms with Crippen LogP contribution in [0.15, 0.2) is 43.0 Å². The maximum absolute atomic E-state index is 8.06. The molecule has 0 heterocycles. The zero-order valence-electron chi connectivity index (χ0n) is 8.40. The maximum atomic E-state index is 8.06. The van der Waals surface area contributed by atoms with E-state index in [0.717, 1.165) is 6.42 Å². The molecule has 0 aliphatic carbocycles. The van der Waals surface area contributed by atoms with Crippen molar-refractivity contribution in [1.29, 1.82) is 0 Å². The van der Waals surface area contributed by atoms with Crippen molar-refractivity contribution in [3.8, 4) is 0 Å². The highest BCUT2D eigenvalue weighted by molar-refractivity contribution is 5.16. The molecular weight excluding hydrogens is 160 g/mol. The van der Waals surface area contributed by atoms with Crippen molar-refractivity contribution in [2.75, 3.05) is 0 Å². The van der Waals surface area contributed by atoms with Gasteiger partial charge in [0.15, 0.2) is 0 Å². The second kappa shape index (κ2) is 7.56. The van der Waals surface area contributed by atoms with Gasteiger partial charge in [-0.15, -0.1) is 6.58 Å². The van der Waals surface area contributed by atoms with E-state index in [9.17, 15) is 0 Å². The Balaban J connectivity index is 0.000000310. The summed E-state index contributed by atoms with van der Waals surface area (Å²) in [4.78, 5) is 0. The van der Waals surface area contributed by atoms with Gasteiger partial charge in [-0.1, -0.05) is 36.4 Å². The Labute approximate surface area is 80.7 Å². The number of hydrogen-bond donors (Lipinski definition) is 1. The highest BCUT2D eigenvalue weighted by Crippen LogP contribution is 1.98. The number of aliphatic hydroxyl groups excluding tert-OH is 1. The van der Waals surface area contributed by atoms with E-state index >= 15 is 0 Å². The third-order valence-electron chi connectivity index (χ3n) is 1.22. The lowest BCUT2D eigenvalue weighted by Gasteiger charge is -1.91. The van der Waals surface area contributed by atoms with E-state index in [4.69, 9.17) is 5.11 Å². The van der Waals surface area contributed by atoms with E-state index in [-0.39, 0.29) is 6.10 Å². The van der Waals surface area contributed by atoms with Crippen LogP contribution in [-0.4, -0.2) is 11.2 Å². The lowest BCUT2D eigenvalue weighted by molar-refractivity contribution is 0.216. The van der Waals surface area contributed by atoms with Crippen molar-refractivity contribution in [2.45, 2.75) is 26.4 Å². The lowest BCUT2D eigenvalue weighted by Crippen LogP contribution is -1.85. The molecule has 1 rings (SSSR count). The molecule has 0 unspecified atom stereocenters. The van der Waals surface area contributed by atoms with Crippen LogP contribution in [0, 0.1) is 0 Å². The van der Waals surface area contributed by atoms with Crippen molar-refractivity contribution in [3.05, 3.63) is 48.6 Å². The predicted molar refractivity (Wildman–Crippen MR) is 57.7 cm³/mol. The molecule has 0 fully saturated rings. The summed E-state index contributed by atoms with van der Waals surface area (Å²) in [5.41, 5.74) is 1.33. The minimum absolute atomic E-state index is 0.167. The molecule has 1 nitrogen and oxygen atoms in total. The van der Waals surface area contributed by atoms with Crippen LogP contribution in [0.1, 0.15) is 19.4 Å². The smallest absolute Gasteiger partial charge is 0.0483 e. The average molecular weight is 178 g/mol. The first-order valence-corrected chi connectivity index (χ1v) is 4.49.